The van der Waals surface area contributed by atoms with Crippen LogP contribution in [0.5, 0.6) is 5.75 Å². The number of fused-ring (bicyclic) bond motifs is 1. The Kier molecular flexibility index (Phi) is 4.62. The Bertz CT molecular complexity index is 643. The molecule has 0 aliphatic carbocycles. The summed E-state index contributed by atoms with van der Waals surface area (Å²) < 4.78 is 30.2. The van der Waals surface area contributed by atoms with Gasteiger partial charge in [0.1, 0.15) is 5.75 Å². The zero-order valence-electron chi connectivity index (χ0n) is 10.6. The van der Waals surface area contributed by atoms with Gasteiger partial charge in [0.25, 0.3) is 5.56 Å². The highest BCUT2D eigenvalue weighted by Crippen LogP contribution is 2.20. The standard InChI is InChI=1S/C13H14F2N2O3/c14-13(15)20-9-3-4-10-11(7-9)17(5-1-2-6-18)12(19)8-16-10/h3-4,7-8,13,18H,1-2,5-6H2. The van der Waals surface area contributed by atoms with Crippen LogP contribution >= 0.6 is 0 Å². The van der Waals surface area contributed by atoms with Gasteiger partial charge >= 0.3 is 6.61 Å². The largest absolute Gasteiger partial charge is 0.435 e. The summed E-state index contributed by atoms with van der Waals surface area (Å²) in [4.78, 5) is 15.8. The number of aliphatic hydroxyl groups is 1. The maximum atomic E-state index is 12.2. The molecule has 0 radical (unpaired) electrons. The fraction of sp³-hybridized carbons (Fsp3) is 0.385. The van der Waals surface area contributed by atoms with Gasteiger partial charge in [-0.15, -0.1) is 0 Å². The highest BCUT2D eigenvalue weighted by atomic mass is 19.3. The summed E-state index contributed by atoms with van der Waals surface area (Å²) in [6, 6.07) is 4.27. The molecule has 2 rings (SSSR count). The SMILES string of the molecule is O=c1cnc2ccc(OC(F)F)cc2n1CCCCO. The molecule has 0 aliphatic rings. The van der Waals surface area contributed by atoms with Crippen LogP contribution in [-0.2, 0) is 6.54 Å². The Labute approximate surface area is 113 Å². The van der Waals surface area contributed by atoms with Gasteiger partial charge in [-0.2, -0.15) is 8.78 Å². The number of ether oxygens (including phenoxy) is 1. The summed E-state index contributed by atoms with van der Waals surface area (Å²) in [5, 5.41) is 8.77. The zero-order valence-corrected chi connectivity index (χ0v) is 10.6. The van der Waals surface area contributed by atoms with E-state index in [1.807, 2.05) is 0 Å². The molecule has 2 aromatic rings. The van der Waals surface area contributed by atoms with E-state index in [1.165, 1.54) is 29.0 Å². The van der Waals surface area contributed by atoms with Gasteiger partial charge in [-0.1, -0.05) is 0 Å². The number of hydrogen-bond acceptors (Lipinski definition) is 4. The molecule has 108 valence electrons. The summed E-state index contributed by atoms with van der Waals surface area (Å²) >= 11 is 0. The Morgan fingerprint density at radius 2 is 2.15 bits per heavy atom. The van der Waals surface area contributed by atoms with E-state index in [4.69, 9.17) is 5.11 Å². The number of halogens is 2. The van der Waals surface area contributed by atoms with E-state index in [0.717, 1.165) is 0 Å². The summed E-state index contributed by atoms with van der Waals surface area (Å²) in [5.74, 6) is -0.0178. The molecule has 1 aromatic heterocycles. The first kappa shape index (κ1) is 14.4. The molecule has 1 heterocycles. The first-order valence-corrected chi connectivity index (χ1v) is 6.17. The lowest BCUT2D eigenvalue weighted by Gasteiger charge is -2.11. The van der Waals surface area contributed by atoms with Crippen LogP contribution in [0.25, 0.3) is 11.0 Å². The Morgan fingerprint density at radius 1 is 1.35 bits per heavy atom. The van der Waals surface area contributed by atoms with Crippen LogP contribution in [-0.4, -0.2) is 27.9 Å². The van der Waals surface area contributed by atoms with Crippen molar-refractivity contribution in [2.75, 3.05) is 6.61 Å². The maximum Gasteiger partial charge on any atom is 0.387 e. The van der Waals surface area contributed by atoms with Gasteiger partial charge in [-0.25, -0.2) is 4.98 Å². The molecule has 0 saturated carbocycles. The van der Waals surface area contributed by atoms with E-state index < -0.39 is 6.61 Å². The van der Waals surface area contributed by atoms with E-state index in [0.29, 0.717) is 30.4 Å². The number of rotatable bonds is 6. The van der Waals surface area contributed by atoms with Crippen LogP contribution in [0, 0.1) is 0 Å². The molecule has 0 fully saturated rings. The van der Waals surface area contributed by atoms with Crippen molar-refractivity contribution in [2.45, 2.75) is 26.0 Å². The minimum absolute atomic E-state index is 0.0178. The van der Waals surface area contributed by atoms with Gasteiger partial charge in [0.05, 0.1) is 17.2 Å². The van der Waals surface area contributed by atoms with E-state index in [2.05, 4.69) is 9.72 Å². The lowest BCUT2D eigenvalue weighted by Crippen LogP contribution is -2.20. The third-order valence-corrected chi connectivity index (χ3v) is 2.83. The second-order valence-corrected chi connectivity index (χ2v) is 4.21. The molecule has 20 heavy (non-hydrogen) atoms. The van der Waals surface area contributed by atoms with E-state index >= 15 is 0 Å². The first-order valence-electron chi connectivity index (χ1n) is 6.17. The normalized spacial score (nSPS) is 11.2. The van der Waals surface area contributed by atoms with Crippen LogP contribution in [0.15, 0.2) is 29.2 Å². The number of unbranched alkanes of at least 4 members (excludes halogenated alkanes) is 1. The average Bonchev–Trinajstić information content (AvgIpc) is 2.41. The lowest BCUT2D eigenvalue weighted by molar-refractivity contribution is -0.0497. The van der Waals surface area contributed by atoms with Crippen LogP contribution in [0.3, 0.4) is 0 Å². The predicted octanol–water partition coefficient (Wildman–Crippen LogP) is 1.77. The van der Waals surface area contributed by atoms with Crippen molar-refractivity contribution in [3.05, 3.63) is 34.7 Å². The van der Waals surface area contributed by atoms with Gasteiger partial charge < -0.3 is 14.4 Å². The first-order chi connectivity index (χ1) is 9.61. The fourth-order valence-electron chi connectivity index (χ4n) is 1.93. The fourth-order valence-corrected chi connectivity index (χ4v) is 1.93. The van der Waals surface area contributed by atoms with E-state index in [9.17, 15) is 13.6 Å². The second kappa shape index (κ2) is 6.42. The molecule has 1 N–H and O–H groups in total. The van der Waals surface area contributed by atoms with Crippen molar-refractivity contribution in [3.8, 4) is 5.75 Å². The highest BCUT2D eigenvalue weighted by molar-refractivity contribution is 5.76. The monoisotopic (exact) mass is 284 g/mol. The van der Waals surface area contributed by atoms with Gasteiger partial charge in [0, 0.05) is 19.2 Å². The van der Waals surface area contributed by atoms with Crippen molar-refractivity contribution in [2.24, 2.45) is 0 Å². The maximum absolute atomic E-state index is 12.2. The minimum Gasteiger partial charge on any atom is -0.435 e. The second-order valence-electron chi connectivity index (χ2n) is 4.21. The molecule has 0 aliphatic heterocycles. The molecule has 0 amide bonds. The van der Waals surface area contributed by atoms with Crippen molar-refractivity contribution >= 4 is 11.0 Å². The smallest absolute Gasteiger partial charge is 0.387 e. The van der Waals surface area contributed by atoms with E-state index in [-0.39, 0.29) is 17.9 Å². The average molecular weight is 284 g/mol. The molecular weight excluding hydrogens is 270 g/mol. The predicted molar refractivity (Wildman–Crippen MR) is 69.0 cm³/mol. The third kappa shape index (κ3) is 3.30. The molecule has 0 unspecified atom stereocenters. The van der Waals surface area contributed by atoms with Gasteiger partial charge in [-0.05, 0) is 25.0 Å². The number of aryl methyl sites for hydroxylation is 1. The summed E-state index contributed by atoms with van der Waals surface area (Å²) in [6.07, 6.45) is 2.36. The topological polar surface area (TPSA) is 64.3 Å². The molecule has 0 atom stereocenters. The lowest BCUT2D eigenvalue weighted by atomic mass is 10.2. The highest BCUT2D eigenvalue weighted by Gasteiger charge is 2.09. The van der Waals surface area contributed by atoms with Gasteiger partial charge in [0.15, 0.2) is 0 Å². The molecule has 5 nitrogen and oxygen atoms in total. The van der Waals surface area contributed by atoms with Crippen LogP contribution in [0.2, 0.25) is 0 Å². The summed E-state index contributed by atoms with van der Waals surface area (Å²) in [6.45, 7) is -2.49. The van der Waals surface area contributed by atoms with Crippen molar-refractivity contribution < 1.29 is 18.6 Å². The molecule has 7 heteroatoms. The molecule has 0 saturated heterocycles. The zero-order chi connectivity index (χ0) is 14.5. The number of alkyl halides is 2. The van der Waals surface area contributed by atoms with Crippen LogP contribution in [0.4, 0.5) is 8.78 Å². The van der Waals surface area contributed by atoms with E-state index in [1.54, 1.807) is 0 Å². The van der Waals surface area contributed by atoms with Crippen molar-refractivity contribution in [1.82, 2.24) is 9.55 Å². The minimum atomic E-state index is -2.92. The number of aliphatic hydroxyl groups excluding tert-OH is 1. The number of hydrogen-bond donors (Lipinski definition) is 1. The number of nitrogens with zero attached hydrogens (tertiary/aromatic N) is 2. The van der Waals surface area contributed by atoms with Crippen LogP contribution in [0.1, 0.15) is 12.8 Å². The van der Waals surface area contributed by atoms with Gasteiger partial charge in [-0.3, -0.25) is 4.79 Å². The quantitative estimate of drug-likeness (QED) is 0.821. The molecule has 0 bridgehead atoms. The van der Waals surface area contributed by atoms with Crippen molar-refractivity contribution in [1.29, 1.82) is 0 Å². The van der Waals surface area contributed by atoms with Gasteiger partial charge in [0.2, 0.25) is 0 Å². The summed E-state index contributed by atoms with van der Waals surface area (Å²) in [7, 11) is 0. The Morgan fingerprint density at radius 3 is 2.85 bits per heavy atom. The molecule has 0 spiro atoms. The molecule has 1 aromatic carbocycles. The Hall–Kier alpha value is -2.02. The Balaban J connectivity index is 2.41. The van der Waals surface area contributed by atoms with Crippen molar-refractivity contribution in [3.63, 3.8) is 0 Å². The third-order valence-electron chi connectivity index (χ3n) is 2.83. The molecular formula is C13H14F2N2O3. The van der Waals surface area contributed by atoms with Crippen LogP contribution < -0.4 is 10.3 Å². The summed E-state index contributed by atoms with van der Waals surface area (Å²) in [5.41, 5.74) is 0.647. The number of aromatic nitrogens is 2. The number of benzene rings is 1.